The predicted octanol–water partition coefficient (Wildman–Crippen LogP) is 1.98. The molecule has 0 N–H and O–H groups in total. The van der Waals surface area contributed by atoms with Gasteiger partial charge in [-0.25, -0.2) is 0 Å². The molecule has 1 aliphatic heterocycles. The number of amides is 2. The number of hydrogen-bond donors (Lipinski definition) is 0. The van der Waals surface area contributed by atoms with Crippen LogP contribution in [0.1, 0.15) is 32.6 Å². The first-order chi connectivity index (χ1) is 9.19. The monoisotopic (exact) mass is 264 g/mol. The Labute approximate surface area is 115 Å². The number of nitrogens with zero attached hydrogens (tertiary/aromatic N) is 2. The van der Waals surface area contributed by atoms with E-state index >= 15 is 0 Å². The summed E-state index contributed by atoms with van der Waals surface area (Å²) in [7, 11) is 0. The third-order valence-corrected chi connectivity index (χ3v) is 3.36. The summed E-state index contributed by atoms with van der Waals surface area (Å²) in [4.78, 5) is 26.9. The minimum Gasteiger partial charge on any atom is -0.339 e. The maximum atomic E-state index is 11.8. The Bertz CT molecular complexity index is 344. The average molecular weight is 264 g/mol. The number of hydrogen-bond acceptors (Lipinski definition) is 2. The van der Waals surface area contributed by atoms with Gasteiger partial charge in [-0.2, -0.15) is 0 Å². The second-order valence-electron chi connectivity index (χ2n) is 4.70. The average Bonchev–Trinajstić information content (AvgIpc) is 2.47. The molecule has 1 rings (SSSR count). The van der Waals surface area contributed by atoms with Crippen molar-refractivity contribution in [2.75, 3.05) is 26.2 Å². The van der Waals surface area contributed by atoms with Crippen molar-refractivity contribution in [2.24, 2.45) is 0 Å². The third kappa shape index (κ3) is 5.28. The lowest BCUT2D eigenvalue weighted by Crippen LogP contribution is -2.34. The third-order valence-electron chi connectivity index (χ3n) is 3.36. The molecule has 0 spiro atoms. The topological polar surface area (TPSA) is 40.6 Å². The zero-order valence-electron chi connectivity index (χ0n) is 11.8. The first-order valence-corrected chi connectivity index (χ1v) is 7.05. The van der Waals surface area contributed by atoms with Crippen molar-refractivity contribution in [3.63, 3.8) is 0 Å². The van der Waals surface area contributed by atoms with Crippen LogP contribution >= 0.6 is 0 Å². The van der Waals surface area contributed by atoms with Crippen LogP contribution in [-0.4, -0.2) is 47.8 Å². The summed E-state index contributed by atoms with van der Waals surface area (Å²) < 4.78 is 0. The second kappa shape index (κ2) is 8.51. The molecule has 106 valence electrons. The first kappa shape index (κ1) is 15.5. The molecule has 0 aromatic rings. The first-order valence-electron chi connectivity index (χ1n) is 7.05. The van der Waals surface area contributed by atoms with Gasteiger partial charge in [0.15, 0.2) is 0 Å². The minimum absolute atomic E-state index is 0.0572. The number of carbonyl (C=O) groups is 2. The molecular weight excluding hydrogens is 240 g/mol. The van der Waals surface area contributed by atoms with Gasteiger partial charge in [-0.15, -0.1) is 0 Å². The van der Waals surface area contributed by atoms with E-state index in [0.717, 1.165) is 25.9 Å². The largest absolute Gasteiger partial charge is 0.339 e. The summed E-state index contributed by atoms with van der Waals surface area (Å²) in [5, 5.41) is 0. The molecule has 4 heteroatoms. The highest BCUT2D eigenvalue weighted by atomic mass is 16.2. The normalized spacial score (nSPS) is 15.5. The Morgan fingerprint density at radius 3 is 2.53 bits per heavy atom. The van der Waals surface area contributed by atoms with Gasteiger partial charge in [-0.1, -0.05) is 12.7 Å². The molecule has 0 radical (unpaired) electrons. The number of likely N-dealkylation sites (tertiary alicyclic amines) is 1. The molecule has 0 atom stereocenters. The molecule has 0 aromatic heterocycles. The van der Waals surface area contributed by atoms with Gasteiger partial charge in [0, 0.05) is 26.2 Å². The van der Waals surface area contributed by atoms with E-state index in [1.165, 1.54) is 12.5 Å². The van der Waals surface area contributed by atoms with Gasteiger partial charge < -0.3 is 9.80 Å². The molecule has 0 bridgehead atoms. The Hall–Kier alpha value is -1.58. The van der Waals surface area contributed by atoms with Crippen molar-refractivity contribution in [3.05, 3.63) is 24.8 Å². The molecule has 1 heterocycles. The standard InChI is InChI=1S/C15H24N2O2/c1-3-14(18)16(4-2)11-9-6-10-15(19)17-12-7-5-8-13-17/h3,6,10H,1,4-5,7-9,11-13H2,2H3/b10-6+. The highest BCUT2D eigenvalue weighted by molar-refractivity contribution is 5.88. The van der Waals surface area contributed by atoms with Crippen LogP contribution in [0.25, 0.3) is 0 Å². The molecule has 4 nitrogen and oxygen atoms in total. The lowest BCUT2D eigenvalue weighted by atomic mass is 10.1. The predicted molar refractivity (Wildman–Crippen MR) is 76.6 cm³/mol. The van der Waals surface area contributed by atoms with E-state index in [1.54, 1.807) is 11.0 Å². The summed E-state index contributed by atoms with van der Waals surface area (Å²) in [5.41, 5.74) is 0. The van der Waals surface area contributed by atoms with Crippen LogP contribution in [0.2, 0.25) is 0 Å². The van der Waals surface area contributed by atoms with Gasteiger partial charge in [0.2, 0.25) is 11.8 Å². The van der Waals surface area contributed by atoms with E-state index in [1.807, 2.05) is 17.9 Å². The SMILES string of the molecule is C=CC(=O)N(CC)CC/C=C/C(=O)N1CCCCC1. The zero-order chi connectivity index (χ0) is 14.1. The number of carbonyl (C=O) groups excluding carboxylic acids is 2. The van der Waals surface area contributed by atoms with Gasteiger partial charge in [0.05, 0.1) is 0 Å². The fraction of sp³-hybridized carbons (Fsp3) is 0.600. The minimum atomic E-state index is -0.0572. The molecule has 19 heavy (non-hydrogen) atoms. The molecular formula is C15H24N2O2. The van der Waals surface area contributed by atoms with E-state index in [0.29, 0.717) is 19.5 Å². The lowest BCUT2D eigenvalue weighted by Gasteiger charge is -2.25. The smallest absolute Gasteiger partial charge is 0.246 e. The van der Waals surface area contributed by atoms with Crippen molar-refractivity contribution >= 4 is 11.8 Å². The van der Waals surface area contributed by atoms with E-state index in [4.69, 9.17) is 0 Å². The molecule has 0 unspecified atom stereocenters. The second-order valence-corrected chi connectivity index (χ2v) is 4.70. The lowest BCUT2D eigenvalue weighted by molar-refractivity contribution is -0.127. The fourth-order valence-corrected chi connectivity index (χ4v) is 2.19. The number of piperidine rings is 1. The van der Waals surface area contributed by atoms with Crippen LogP contribution < -0.4 is 0 Å². The van der Waals surface area contributed by atoms with Gasteiger partial charge >= 0.3 is 0 Å². The Kier molecular flexibility index (Phi) is 6.93. The molecule has 0 aliphatic carbocycles. The van der Waals surface area contributed by atoms with E-state index in [2.05, 4.69) is 6.58 Å². The summed E-state index contributed by atoms with van der Waals surface area (Å²) in [6.45, 7) is 8.46. The molecule has 0 saturated carbocycles. The van der Waals surface area contributed by atoms with Gasteiger partial charge in [-0.05, 0) is 44.8 Å². The van der Waals surface area contributed by atoms with Crippen LogP contribution in [0, 0.1) is 0 Å². The summed E-state index contributed by atoms with van der Waals surface area (Å²) >= 11 is 0. The van der Waals surface area contributed by atoms with E-state index in [9.17, 15) is 9.59 Å². The Morgan fingerprint density at radius 2 is 1.95 bits per heavy atom. The Balaban J connectivity index is 2.30. The van der Waals surface area contributed by atoms with Crippen molar-refractivity contribution in [1.29, 1.82) is 0 Å². The summed E-state index contributed by atoms with van der Waals surface area (Å²) in [6, 6.07) is 0. The van der Waals surface area contributed by atoms with Crippen molar-refractivity contribution in [3.8, 4) is 0 Å². The number of likely N-dealkylation sites (N-methyl/N-ethyl adjacent to an activating group) is 1. The molecule has 1 aliphatic rings. The van der Waals surface area contributed by atoms with E-state index in [-0.39, 0.29) is 11.8 Å². The van der Waals surface area contributed by atoms with Crippen LogP contribution in [0.15, 0.2) is 24.8 Å². The van der Waals surface area contributed by atoms with Crippen LogP contribution in [-0.2, 0) is 9.59 Å². The molecule has 2 amide bonds. The van der Waals surface area contributed by atoms with Gasteiger partial charge in [0.1, 0.15) is 0 Å². The van der Waals surface area contributed by atoms with Crippen molar-refractivity contribution in [1.82, 2.24) is 9.80 Å². The fourth-order valence-electron chi connectivity index (χ4n) is 2.19. The molecule has 0 aromatic carbocycles. The molecule has 1 saturated heterocycles. The zero-order valence-corrected chi connectivity index (χ0v) is 11.8. The van der Waals surface area contributed by atoms with Crippen LogP contribution in [0.5, 0.6) is 0 Å². The number of rotatable bonds is 6. The van der Waals surface area contributed by atoms with Crippen LogP contribution in [0.3, 0.4) is 0 Å². The highest BCUT2D eigenvalue weighted by Crippen LogP contribution is 2.09. The highest BCUT2D eigenvalue weighted by Gasteiger charge is 2.13. The van der Waals surface area contributed by atoms with Gasteiger partial charge in [-0.3, -0.25) is 9.59 Å². The van der Waals surface area contributed by atoms with E-state index < -0.39 is 0 Å². The van der Waals surface area contributed by atoms with Gasteiger partial charge in [0.25, 0.3) is 0 Å². The maximum Gasteiger partial charge on any atom is 0.246 e. The Morgan fingerprint density at radius 1 is 1.26 bits per heavy atom. The molecule has 1 fully saturated rings. The van der Waals surface area contributed by atoms with Crippen molar-refractivity contribution < 1.29 is 9.59 Å². The summed E-state index contributed by atoms with van der Waals surface area (Å²) in [6.07, 6.45) is 8.96. The summed E-state index contributed by atoms with van der Waals surface area (Å²) in [5.74, 6) is 0.0380. The quantitative estimate of drug-likeness (QED) is 0.688. The maximum absolute atomic E-state index is 11.8. The van der Waals surface area contributed by atoms with Crippen LogP contribution in [0.4, 0.5) is 0 Å². The van der Waals surface area contributed by atoms with Crippen molar-refractivity contribution in [2.45, 2.75) is 32.6 Å².